The molecule has 0 unspecified atom stereocenters. The number of hydrogen-bond acceptors (Lipinski definition) is 4. The van der Waals surface area contributed by atoms with Crippen LogP contribution in [0.15, 0.2) is 34.9 Å². The molecule has 1 aromatic carbocycles. The summed E-state index contributed by atoms with van der Waals surface area (Å²) in [6, 6.07) is 7.43. The fourth-order valence-corrected chi connectivity index (χ4v) is 2.22. The molecule has 8 heteroatoms. The number of rotatable bonds is 8. The molecule has 0 saturated carbocycles. The van der Waals surface area contributed by atoms with Crippen LogP contribution in [-0.4, -0.2) is 30.5 Å². The molecule has 0 spiro atoms. The fraction of sp³-hybridized carbons (Fsp3) is 0.375. The lowest BCUT2D eigenvalue weighted by atomic mass is 10.2. The Labute approximate surface area is 159 Å². The second-order valence-electron chi connectivity index (χ2n) is 4.80. The quantitative estimate of drug-likeness (QED) is 0.673. The van der Waals surface area contributed by atoms with E-state index in [9.17, 15) is 4.79 Å². The van der Waals surface area contributed by atoms with Gasteiger partial charge in [-0.3, -0.25) is 4.79 Å². The summed E-state index contributed by atoms with van der Waals surface area (Å²) in [6.07, 6.45) is 2.46. The van der Waals surface area contributed by atoms with Gasteiger partial charge in [0.05, 0.1) is 11.2 Å². The third kappa shape index (κ3) is 7.09. The molecule has 0 radical (unpaired) electrons. The normalized spacial score (nSPS) is 9.75. The summed E-state index contributed by atoms with van der Waals surface area (Å²) < 4.78 is 5.66. The molecule has 0 fully saturated rings. The van der Waals surface area contributed by atoms with Crippen LogP contribution in [0.2, 0.25) is 5.02 Å². The maximum absolute atomic E-state index is 11.7. The van der Waals surface area contributed by atoms with E-state index in [0.29, 0.717) is 36.1 Å². The van der Waals surface area contributed by atoms with E-state index in [1.54, 1.807) is 12.3 Å². The molecule has 0 aliphatic rings. The minimum absolute atomic E-state index is 0. The van der Waals surface area contributed by atoms with E-state index in [-0.39, 0.29) is 30.7 Å². The van der Waals surface area contributed by atoms with Crippen molar-refractivity contribution in [2.45, 2.75) is 19.8 Å². The number of halogens is 3. The molecule has 0 saturated heterocycles. The summed E-state index contributed by atoms with van der Waals surface area (Å²) in [6.45, 7) is 4.33. The van der Waals surface area contributed by atoms with Crippen molar-refractivity contribution >= 4 is 42.3 Å². The number of amides is 1. The van der Waals surface area contributed by atoms with Gasteiger partial charge in [-0.25, -0.2) is 4.98 Å². The first kappa shape index (κ1) is 22.7. The number of likely N-dealkylation sites (N-methyl/N-ethyl adjacent to an activating group) is 1. The molecular weight excluding hydrogens is 373 g/mol. The van der Waals surface area contributed by atoms with Gasteiger partial charge in [-0.05, 0) is 18.7 Å². The molecule has 0 aliphatic heterocycles. The first-order valence-corrected chi connectivity index (χ1v) is 7.75. The Balaban J connectivity index is 0.00000264. The van der Waals surface area contributed by atoms with E-state index in [2.05, 4.69) is 15.6 Å². The van der Waals surface area contributed by atoms with Gasteiger partial charge in [-0.2, -0.15) is 0 Å². The molecule has 0 aliphatic carbocycles. The van der Waals surface area contributed by atoms with Crippen molar-refractivity contribution in [3.63, 3.8) is 0 Å². The van der Waals surface area contributed by atoms with Crippen molar-refractivity contribution in [1.82, 2.24) is 15.6 Å². The van der Waals surface area contributed by atoms with Crippen molar-refractivity contribution in [1.29, 1.82) is 0 Å². The summed E-state index contributed by atoms with van der Waals surface area (Å²) in [7, 11) is 0. The molecular formula is C16H22Cl3N3O2. The van der Waals surface area contributed by atoms with Crippen molar-refractivity contribution in [3.8, 4) is 11.3 Å². The van der Waals surface area contributed by atoms with Crippen LogP contribution in [0, 0.1) is 0 Å². The van der Waals surface area contributed by atoms with Crippen molar-refractivity contribution < 1.29 is 9.21 Å². The first-order chi connectivity index (χ1) is 10.7. The van der Waals surface area contributed by atoms with Crippen LogP contribution < -0.4 is 10.6 Å². The zero-order valence-electron chi connectivity index (χ0n) is 13.4. The molecule has 1 heterocycles. The summed E-state index contributed by atoms with van der Waals surface area (Å²) in [4.78, 5) is 15.9. The maximum atomic E-state index is 11.7. The second kappa shape index (κ2) is 12.1. The lowest BCUT2D eigenvalue weighted by molar-refractivity contribution is -0.121. The molecule has 24 heavy (non-hydrogen) atoms. The van der Waals surface area contributed by atoms with Crippen LogP contribution in [0.5, 0.6) is 0 Å². The van der Waals surface area contributed by atoms with Crippen molar-refractivity contribution in [2.75, 3.05) is 19.6 Å². The van der Waals surface area contributed by atoms with E-state index in [1.165, 1.54) is 0 Å². The summed E-state index contributed by atoms with van der Waals surface area (Å²) >= 11 is 6.12. The predicted octanol–water partition coefficient (Wildman–Crippen LogP) is 3.50. The fourth-order valence-electron chi connectivity index (χ4n) is 1.99. The lowest BCUT2D eigenvalue weighted by Gasteiger charge is -2.04. The molecule has 134 valence electrons. The SMILES string of the molecule is CCNCCNC(=O)CCc1ncc(-c2ccccc2Cl)o1.Cl.Cl. The smallest absolute Gasteiger partial charge is 0.220 e. The molecule has 2 rings (SSSR count). The van der Waals surface area contributed by atoms with Gasteiger partial charge < -0.3 is 15.1 Å². The molecule has 2 N–H and O–H groups in total. The van der Waals surface area contributed by atoms with Gasteiger partial charge in [0.25, 0.3) is 0 Å². The number of aromatic nitrogens is 1. The number of nitrogens with zero attached hydrogens (tertiary/aromatic N) is 1. The van der Waals surface area contributed by atoms with Crippen LogP contribution in [0.3, 0.4) is 0 Å². The highest BCUT2D eigenvalue weighted by molar-refractivity contribution is 6.33. The Bertz CT molecular complexity index is 620. The Morgan fingerprint density at radius 3 is 2.71 bits per heavy atom. The van der Waals surface area contributed by atoms with E-state index < -0.39 is 0 Å². The Hall–Kier alpha value is -1.27. The number of aryl methyl sites for hydroxylation is 1. The van der Waals surface area contributed by atoms with E-state index in [1.807, 2.05) is 25.1 Å². The molecule has 5 nitrogen and oxygen atoms in total. The Kier molecular flexibility index (Phi) is 11.5. The molecule has 1 aromatic heterocycles. The monoisotopic (exact) mass is 393 g/mol. The van der Waals surface area contributed by atoms with Crippen LogP contribution in [0.4, 0.5) is 0 Å². The molecule has 1 amide bonds. The minimum atomic E-state index is -0.00426. The van der Waals surface area contributed by atoms with Gasteiger partial charge in [0, 0.05) is 31.5 Å². The average molecular weight is 395 g/mol. The number of nitrogens with one attached hydrogen (secondary N) is 2. The van der Waals surface area contributed by atoms with Crippen LogP contribution in [0.25, 0.3) is 11.3 Å². The molecule has 2 aromatic rings. The lowest BCUT2D eigenvalue weighted by Crippen LogP contribution is -2.31. The van der Waals surface area contributed by atoms with Gasteiger partial charge in [-0.1, -0.05) is 30.7 Å². The summed E-state index contributed by atoms with van der Waals surface area (Å²) in [5.41, 5.74) is 0.804. The topological polar surface area (TPSA) is 67.2 Å². The highest BCUT2D eigenvalue weighted by atomic mass is 35.5. The van der Waals surface area contributed by atoms with Crippen LogP contribution >= 0.6 is 36.4 Å². The Morgan fingerprint density at radius 1 is 1.25 bits per heavy atom. The van der Waals surface area contributed by atoms with E-state index in [4.69, 9.17) is 16.0 Å². The number of oxazole rings is 1. The molecule has 0 atom stereocenters. The first-order valence-electron chi connectivity index (χ1n) is 7.37. The zero-order valence-corrected chi connectivity index (χ0v) is 15.8. The van der Waals surface area contributed by atoms with E-state index in [0.717, 1.165) is 18.7 Å². The maximum Gasteiger partial charge on any atom is 0.220 e. The van der Waals surface area contributed by atoms with Crippen LogP contribution in [-0.2, 0) is 11.2 Å². The summed E-state index contributed by atoms with van der Waals surface area (Å²) in [5.74, 6) is 1.15. The van der Waals surface area contributed by atoms with Crippen molar-refractivity contribution in [3.05, 3.63) is 41.4 Å². The minimum Gasteiger partial charge on any atom is -0.441 e. The second-order valence-corrected chi connectivity index (χ2v) is 5.21. The number of carbonyl (C=O) groups excluding carboxylic acids is 1. The third-order valence-electron chi connectivity index (χ3n) is 3.13. The highest BCUT2D eigenvalue weighted by Crippen LogP contribution is 2.28. The van der Waals surface area contributed by atoms with Gasteiger partial charge in [0.1, 0.15) is 0 Å². The van der Waals surface area contributed by atoms with E-state index >= 15 is 0 Å². The third-order valence-corrected chi connectivity index (χ3v) is 3.46. The van der Waals surface area contributed by atoms with Gasteiger partial charge in [0.15, 0.2) is 11.7 Å². The van der Waals surface area contributed by atoms with Crippen LogP contribution in [0.1, 0.15) is 19.2 Å². The predicted molar refractivity (Wildman–Crippen MR) is 101 cm³/mol. The number of carbonyl (C=O) groups is 1. The van der Waals surface area contributed by atoms with Crippen molar-refractivity contribution in [2.24, 2.45) is 0 Å². The standard InChI is InChI=1S/C16H20ClN3O2.2ClH/c1-2-18-9-10-19-15(21)7-8-16-20-11-14(22-16)12-5-3-4-6-13(12)17;;/h3-6,11,18H,2,7-10H2,1H3,(H,19,21);2*1H. The molecule has 0 bridgehead atoms. The van der Waals surface area contributed by atoms with Gasteiger partial charge in [-0.15, -0.1) is 24.8 Å². The number of benzene rings is 1. The Morgan fingerprint density at radius 2 is 2.00 bits per heavy atom. The highest BCUT2D eigenvalue weighted by Gasteiger charge is 2.10. The summed E-state index contributed by atoms with van der Waals surface area (Å²) in [5, 5.41) is 6.61. The van der Waals surface area contributed by atoms with Gasteiger partial charge >= 0.3 is 0 Å². The number of hydrogen-bond donors (Lipinski definition) is 2. The van der Waals surface area contributed by atoms with Gasteiger partial charge in [0.2, 0.25) is 5.91 Å². The average Bonchev–Trinajstić information content (AvgIpc) is 2.99. The zero-order chi connectivity index (χ0) is 15.8. The largest absolute Gasteiger partial charge is 0.441 e.